The van der Waals surface area contributed by atoms with Crippen LogP contribution in [0, 0.1) is 0 Å². The number of anilines is 3. The normalized spacial score (nSPS) is 14.9. The van der Waals surface area contributed by atoms with Gasteiger partial charge in [0.1, 0.15) is 6.04 Å². The maximum atomic E-state index is 12.6. The van der Waals surface area contributed by atoms with Crippen molar-refractivity contribution in [2.45, 2.75) is 38.8 Å². The van der Waals surface area contributed by atoms with Crippen LogP contribution in [0.5, 0.6) is 11.5 Å². The fraction of sp³-hybridized carbons (Fsp3) is 0.409. The number of hydrogen-bond acceptors (Lipinski definition) is 5. The van der Waals surface area contributed by atoms with E-state index in [1.807, 2.05) is 24.3 Å². The van der Waals surface area contributed by atoms with Gasteiger partial charge in [0.2, 0.25) is 5.91 Å². The maximum Gasteiger partial charge on any atom is 0.387 e. The van der Waals surface area contributed by atoms with E-state index in [0.717, 1.165) is 18.8 Å². The van der Waals surface area contributed by atoms with Gasteiger partial charge in [0, 0.05) is 36.2 Å². The average Bonchev–Trinajstić information content (AvgIpc) is 2.74. The van der Waals surface area contributed by atoms with Crippen molar-refractivity contribution < 1.29 is 23.0 Å². The standard InChI is InChI=1S/C22H27F2N3O3/c1-15(25-17-8-11-19(29-2)20(14-17)30-22(23)24)21(28)26-16-6-9-18(10-7-16)27-12-4-3-5-13-27/h6-11,14-15,22,25H,3-5,12-13H2,1-2H3,(H,26,28)/t15-/m0/s1. The van der Waals surface area contributed by atoms with Crippen LogP contribution in [0.15, 0.2) is 42.5 Å². The van der Waals surface area contributed by atoms with Gasteiger partial charge in [-0.3, -0.25) is 4.79 Å². The van der Waals surface area contributed by atoms with Gasteiger partial charge in [-0.05, 0) is 62.6 Å². The van der Waals surface area contributed by atoms with Gasteiger partial charge in [0.05, 0.1) is 7.11 Å². The average molecular weight is 419 g/mol. The van der Waals surface area contributed by atoms with E-state index >= 15 is 0 Å². The van der Waals surface area contributed by atoms with Gasteiger partial charge in [-0.2, -0.15) is 8.78 Å². The fourth-order valence-electron chi connectivity index (χ4n) is 3.43. The van der Waals surface area contributed by atoms with Crippen molar-refractivity contribution in [3.05, 3.63) is 42.5 Å². The molecule has 1 atom stereocenters. The molecule has 1 aliphatic heterocycles. The first kappa shape index (κ1) is 21.7. The van der Waals surface area contributed by atoms with Gasteiger partial charge < -0.3 is 25.0 Å². The summed E-state index contributed by atoms with van der Waals surface area (Å²) in [6.07, 6.45) is 3.69. The number of carbonyl (C=O) groups excluding carboxylic acids is 1. The molecule has 2 aromatic rings. The van der Waals surface area contributed by atoms with Crippen molar-refractivity contribution in [3.63, 3.8) is 0 Å². The lowest BCUT2D eigenvalue weighted by atomic mass is 10.1. The number of benzene rings is 2. The number of piperidine rings is 1. The van der Waals surface area contributed by atoms with Gasteiger partial charge in [-0.25, -0.2) is 0 Å². The molecule has 1 saturated heterocycles. The quantitative estimate of drug-likeness (QED) is 0.648. The van der Waals surface area contributed by atoms with Crippen LogP contribution in [0.2, 0.25) is 0 Å². The third-order valence-electron chi connectivity index (χ3n) is 5.01. The largest absolute Gasteiger partial charge is 0.493 e. The van der Waals surface area contributed by atoms with Crippen LogP contribution in [-0.4, -0.2) is 38.8 Å². The van der Waals surface area contributed by atoms with E-state index in [-0.39, 0.29) is 17.4 Å². The van der Waals surface area contributed by atoms with E-state index in [9.17, 15) is 13.6 Å². The van der Waals surface area contributed by atoms with Crippen molar-refractivity contribution >= 4 is 23.0 Å². The Balaban J connectivity index is 1.59. The summed E-state index contributed by atoms with van der Waals surface area (Å²) in [6.45, 7) is 0.843. The summed E-state index contributed by atoms with van der Waals surface area (Å²) in [5.74, 6) is -0.155. The van der Waals surface area contributed by atoms with Gasteiger partial charge in [-0.1, -0.05) is 0 Å². The van der Waals surface area contributed by atoms with Crippen LogP contribution < -0.4 is 25.0 Å². The number of methoxy groups -OCH3 is 1. The molecule has 0 spiro atoms. The second kappa shape index (κ2) is 10.1. The Morgan fingerprint density at radius 2 is 1.67 bits per heavy atom. The number of nitrogens with zero attached hydrogens (tertiary/aromatic N) is 1. The third-order valence-corrected chi connectivity index (χ3v) is 5.01. The van der Waals surface area contributed by atoms with Crippen molar-refractivity contribution in [2.75, 3.05) is 35.7 Å². The molecule has 6 nitrogen and oxygen atoms in total. The molecule has 0 unspecified atom stereocenters. The Hall–Kier alpha value is -3.03. The van der Waals surface area contributed by atoms with E-state index < -0.39 is 12.7 Å². The number of amides is 1. The second-order valence-electron chi connectivity index (χ2n) is 7.19. The lowest BCUT2D eigenvalue weighted by molar-refractivity contribution is -0.116. The summed E-state index contributed by atoms with van der Waals surface area (Å²) in [7, 11) is 1.37. The smallest absolute Gasteiger partial charge is 0.387 e. The number of carbonyl (C=O) groups is 1. The lowest BCUT2D eigenvalue weighted by Gasteiger charge is -2.28. The minimum atomic E-state index is -2.97. The monoisotopic (exact) mass is 419 g/mol. The zero-order valence-electron chi connectivity index (χ0n) is 17.2. The predicted octanol–water partition coefficient (Wildman–Crippen LogP) is 4.73. The predicted molar refractivity (Wildman–Crippen MR) is 114 cm³/mol. The lowest BCUT2D eigenvalue weighted by Crippen LogP contribution is -2.32. The molecular weight excluding hydrogens is 392 g/mol. The molecular formula is C22H27F2N3O3. The minimum Gasteiger partial charge on any atom is -0.493 e. The Labute approximate surface area is 175 Å². The van der Waals surface area contributed by atoms with Gasteiger partial charge in [0.15, 0.2) is 11.5 Å². The van der Waals surface area contributed by atoms with Crippen molar-refractivity contribution in [1.82, 2.24) is 0 Å². The molecule has 2 N–H and O–H groups in total. The number of hydrogen-bond donors (Lipinski definition) is 2. The molecule has 1 aliphatic rings. The number of alkyl halides is 2. The molecule has 30 heavy (non-hydrogen) atoms. The topological polar surface area (TPSA) is 62.8 Å². The number of nitrogens with one attached hydrogen (secondary N) is 2. The highest BCUT2D eigenvalue weighted by Crippen LogP contribution is 2.31. The van der Waals surface area contributed by atoms with Crippen molar-refractivity contribution in [2.24, 2.45) is 0 Å². The first-order chi connectivity index (χ1) is 14.5. The van der Waals surface area contributed by atoms with E-state index in [2.05, 4.69) is 20.3 Å². The summed E-state index contributed by atoms with van der Waals surface area (Å²) in [5.41, 5.74) is 2.32. The first-order valence-electron chi connectivity index (χ1n) is 10.0. The molecule has 0 radical (unpaired) electrons. The van der Waals surface area contributed by atoms with Crippen LogP contribution in [-0.2, 0) is 4.79 Å². The van der Waals surface area contributed by atoms with Crippen molar-refractivity contribution in [3.8, 4) is 11.5 Å². The van der Waals surface area contributed by atoms with Gasteiger partial charge in [0.25, 0.3) is 0 Å². The second-order valence-corrected chi connectivity index (χ2v) is 7.19. The Kier molecular flexibility index (Phi) is 7.32. The highest BCUT2D eigenvalue weighted by atomic mass is 19.3. The Morgan fingerprint density at radius 1 is 1.00 bits per heavy atom. The van der Waals surface area contributed by atoms with Gasteiger partial charge in [-0.15, -0.1) is 0 Å². The van der Waals surface area contributed by atoms with E-state index in [4.69, 9.17) is 4.74 Å². The summed E-state index contributed by atoms with van der Waals surface area (Å²) in [5, 5.41) is 5.85. The van der Waals surface area contributed by atoms with Crippen LogP contribution in [0.4, 0.5) is 25.8 Å². The van der Waals surface area contributed by atoms with Crippen LogP contribution in [0.3, 0.4) is 0 Å². The van der Waals surface area contributed by atoms with Crippen molar-refractivity contribution in [1.29, 1.82) is 0 Å². The SMILES string of the molecule is COc1ccc(N[C@@H](C)C(=O)Nc2ccc(N3CCCCC3)cc2)cc1OC(F)F. The summed E-state index contributed by atoms with van der Waals surface area (Å²) < 4.78 is 34.7. The highest BCUT2D eigenvalue weighted by molar-refractivity contribution is 5.96. The van der Waals surface area contributed by atoms with Crippen LogP contribution in [0.1, 0.15) is 26.2 Å². The van der Waals surface area contributed by atoms with Crippen LogP contribution >= 0.6 is 0 Å². The Morgan fingerprint density at radius 3 is 2.30 bits per heavy atom. The zero-order valence-corrected chi connectivity index (χ0v) is 17.2. The molecule has 162 valence electrons. The Bertz CT molecular complexity index is 840. The van der Waals surface area contributed by atoms with E-state index in [0.29, 0.717) is 11.4 Å². The molecule has 2 aromatic carbocycles. The molecule has 0 aromatic heterocycles. The molecule has 1 fully saturated rings. The number of ether oxygens (including phenoxy) is 2. The van der Waals surface area contributed by atoms with E-state index in [1.54, 1.807) is 13.0 Å². The number of halogens is 2. The minimum absolute atomic E-state index is 0.0987. The molecule has 1 amide bonds. The van der Waals surface area contributed by atoms with Gasteiger partial charge >= 0.3 is 6.61 Å². The summed E-state index contributed by atoms with van der Waals surface area (Å²) >= 11 is 0. The molecule has 0 bridgehead atoms. The molecule has 8 heteroatoms. The molecule has 1 heterocycles. The molecule has 0 saturated carbocycles. The van der Waals surface area contributed by atoms with E-state index in [1.165, 1.54) is 38.5 Å². The third kappa shape index (κ3) is 5.75. The fourth-order valence-corrected chi connectivity index (χ4v) is 3.43. The molecule has 0 aliphatic carbocycles. The highest BCUT2D eigenvalue weighted by Gasteiger charge is 2.16. The molecule has 3 rings (SSSR count). The maximum absolute atomic E-state index is 12.6. The zero-order chi connectivity index (χ0) is 21.5. The summed E-state index contributed by atoms with van der Waals surface area (Å²) in [6, 6.07) is 11.7. The number of rotatable bonds is 8. The summed E-state index contributed by atoms with van der Waals surface area (Å²) in [4.78, 5) is 14.9. The first-order valence-corrected chi connectivity index (χ1v) is 10.0. The van der Waals surface area contributed by atoms with Crippen LogP contribution in [0.25, 0.3) is 0 Å².